The Labute approximate surface area is 114 Å². The van der Waals surface area contributed by atoms with Crippen molar-refractivity contribution in [2.24, 2.45) is 0 Å². The maximum Gasteiger partial charge on any atom is 0.0386 e. The average molecular weight is 271 g/mol. The van der Waals surface area contributed by atoms with Gasteiger partial charge >= 0.3 is 0 Å². The van der Waals surface area contributed by atoms with Crippen LogP contribution < -0.4 is 5.32 Å². The van der Waals surface area contributed by atoms with Crippen molar-refractivity contribution in [2.75, 3.05) is 18.6 Å². The second-order valence-electron chi connectivity index (χ2n) is 4.53. The molecule has 1 aromatic rings. The molecule has 0 amide bonds. The maximum absolute atomic E-state index is 3.61. The van der Waals surface area contributed by atoms with Gasteiger partial charge in [-0.1, -0.05) is 12.8 Å². The van der Waals surface area contributed by atoms with Gasteiger partial charge in [0, 0.05) is 15.8 Å². The van der Waals surface area contributed by atoms with Crippen molar-refractivity contribution in [3.05, 3.63) is 21.9 Å². The zero-order valence-corrected chi connectivity index (χ0v) is 12.9. The third-order valence-electron chi connectivity index (χ3n) is 2.91. The Kier molecular flexibility index (Phi) is 7.99. The lowest BCUT2D eigenvalue weighted by atomic mass is 10.2. The summed E-state index contributed by atoms with van der Waals surface area (Å²) in [6.45, 7) is 5.59. The molecule has 98 valence electrons. The van der Waals surface area contributed by atoms with Crippen molar-refractivity contribution in [2.45, 2.75) is 45.6 Å². The van der Waals surface area contributed by atoms with Gasteiger partial charge in [0.15, 0.2) is 0 Å². The van der Waals surface area contributed by atoms with Crippen LogP contribution in [0.2, 0.25) is 0 Å². The van der Waals surface area contributed by atoms with Crippen molar-refractivity contribution in [1.82, 2.24) is 5.32 Å². The molecule has 1 unspecified atom stereocenters. The third kappa shape index (κ3) is 6.49. The second-order valence-corrected chi connectivity index (χ2v) is 6.84. The highest BCUT2D eigenvalue weighted by Gasteiger charge is 2.05. The molecule has 1 atom stereocenters. The molecule has 17 heavy (non-hydrogen) atoms. The van der Waals surface area contributed by atoms with Crippen LogP contribution in [0.15, 0.2) is 12.1 Å². The number of thiophene rings is 1. The first-order valence-corrected chi connectivity index (χ1v) is 8.73. The Morgan fingerprint density at radius 3 is 2.65 bits per heavy atom. The van der Waals surface area contributed by atoms with Crippen molar-refractivity contribution >= 4 is 23.1 Å². The van der Waals surface area contributed by atoms with Gasteiger partial charge in [-0.05, 0) is 57.4 Å². The molecule has 0 spiro atoms. The summed E-state index contributed by atoms with van der Waals surface area (Å²) in [5.74, 6) is 1.32. The Hall–Kier alpha value is 0.01000. The summed E-state index contributed by atoms with van der Waals surface area (Å²) in [5.41, 5.74) is 0. The lowest BCUT2D eigenvalue weighted by Gasteiger charge is -2.11. The van der Waals surface area contributed by atoms with Gasteiger partial charge in [0.2, 0.25) is 0 Å². The van der Waals surface area contributed by atoms with Crippen LogP contribution in [-0.4, -0.2) is 18.6 Å². The lowest BCUT2D eigenvalue weighted by molar-refractivity contribution is 0.542. The molecular formula is C14H25NS2. The Bertz CT molecular complexity index is 296. The van der Waals surface area contributed by atoms with Crippen LogP contribution in [0.4, 0.5) is 0 Å². The van der Waals surface area contributed by atoms with E-state index in [-0.39, 0.29) is 0 Å². The Morgan fingerprint density at radius 2 is 2.00 bits per heavy atom. The van der Waals surface area contributed by atoms with E-state index < -0.39 is 0 Å². The molecule has 0 aliphatic rings. The summed E-state index contributed by atoms with van der Waals surface area (Å²) in [7, 11) is 0. The molecule has 0 aliphatic carbocycles. The van der Waals surface area contributed by atoms with E-state index in [0.29, 0.717) is 6.04 Å². The summed E-state index contributed by atoms with van der Waals surface area (Å²) in [6, 6.07) is 4.97. The van der Waals surface area contributed by atoms with E-state index in [1.54, 1.807) is 0 Å². The van der Waals surface area contributed by atoms with Crippen molar-refractivity contribution < 1.29 is 0 Å². The fourth-order valence-electron chi connectivity index (χ4n) is 1.83. The van der Waals surface area contributed by atoms with E-state index in [0.717, 1.165) is 6.54 Å². The summed E-state index contributed by atoms with van der Waals surface area (Å²) >= 11 is 3.86. The van der Waals surface area contributed by atoms with E-state index in [2.05, 4.69) is 37.6 Å². The molecule has 1 aromatic heterocycles. The summed E-state index contributed by atoms with van der Waals surface area (Å²) in [5, 5.41) is 3.61. The molecular weight excluding hydrogens is 246 g/mol. The summed E-state index contributed by atoms with van der Waals surface area (Å²) in [6.07, 6.45) is 7.62. The Balaban J connectivity index is 2.03. The molecule has 0 saturated carbocycles. The largest absolute Gasteiger partial charge is 0.309 e. The van der Waals surface area contributed by atoms with Gasteiger partial charge in [-0.25, -0.2) is 0 Å². The summed E-state index contributed by atoms with van der Waals surface area (Å²) in [4.78, 5) is 2.87. The fourth-order valence-corrected chi connectivity index (χ4v) is 3.23. The van der Waals surface area contributed by atoms with E-state index in [1.165, 1.54) is 41.2 Å². The number of hydrogen-bond donors (Lipinski definition) is 1. The molecule has 1 N–H and O–H groups in total. The van der Waals surface area contributed by atoms with Crippen molar-refractivity contribution in [3.8, 4) is 0 Å². The molecule has 1 rings (SSSR count). The summed E-state index contributed by atoms with van der Waals surface area (Å²) < 4.78 is 0. The van der Waals surface area contributed by atoms with Crippen LogP contribution in [0.5, 0.6) is 0 Å². The molecule has 1 nitrogen and oxygen atoms in total. The molecule has 0 radical (unpaired) electrons. The molecule has 0 fully saturated rings. The number of rotatable bonds is 9. The predicted octanol–water partition coefficient (Wildman–Crippen LogP) is 4.63. The predicted molar refractivity (Wildman–Crippen MR) is 82.3 cm³/mol. The number of aryl methyl sites for hydroxylation is 1. The quantitative estimate of drug-likeness (QED) is 0.657. The first-order chi connectivity index (χ1) is 8.24. The normalized spacial score (nSPS) is 12.9. The van der Waals surface area contributed by atoms with Crippen LogP contribution in [0.1, 0.15) is 48.4 Å². The SMILES string of the molecule is CSCCCCCCNC(C)c1ccc(C)s1. The minimum Gasteiger partial charge on any atom is -0.309 e. The minimum atomic E-state index is 0.514. The second kappa shape index (κ2) is 9.01. The lowest BCUT2D eigenvalue weighted by Crippen LogP contribution is -2.18. The number of nitrogens with one attached hydrogen (secondary N) is 1. The van der Waals surface area contributed by atoms with E-state index in [1.807, 2.05) is 23.1 Å². The molecule has 0 bridgehead atoms. The maximum atomic E-state index is 3.61. The highest BCUT2D eigenvalue weighted by Crippen LogP contribution is 2.22. The van der Waals surface area contributed by atoms with Gasteiger partial charge < -0.3 is 5.32 Å². The van der Waals surface area contributed by atoms with E-state index >= 15 is 0 Å². The van der Waals surface area contributed by atoms with Crippen LogP contribution >= 0.6 is 23.1 Å². The zero-order chi connectivity index (χ0) is 12.5. The molecule has 3 heteroatoms. The van der Waals surface area contributed by atoms with Crippen molar-refractivity contribution in [1.29, 1.82) is 0 Å². The zero-order valence-electron chi connectivity index (χ0n) is 11.3. The fraction of sp³-hybridized carbons (Fsp3) is 0.714. The number of thioether (sulfide) groups is 1. The third-order valence-corrected chi connectivity index (χ3v) is 4.79. The van der Waals surface area contributed by atoms with Gasteiger partial charge in [0.25, 0.3) is 0 Å². The van der Waals surface area contributed by atoms with Gasteiger partial charge in [-0.15, -0.1) is 11.3 Å². The monoisotopic (exact) mass is 271 g/mol. The standard InChI is InChI=1S/C14H25NS2/c1-12-8-9-14(17-12)13(2)15-10-6-4-5-7-11-16-3/h8-9,13,15H,4-7,10-11H2,1-3H3. The molecule has 0 aromatic carbocycles. The van der Waals surface area contributed by atoms with Crippen LogP contribution in [0, 0.1) is 6.92 Å². The highest BCUT2D eigenvalue weighted by atomic mass is 32.2. The van der Waals surface area contributed by atoms with Crippen LogP contribution in [-0.2, 0) is 0 Å². The van der Waals surface area contributed by atoms with E-state index in [4.69, 9.17) is 0 Å². The molecule has 0 saturated heterocycles. The van der Waals surface area contributed by atoms with Gasteiger partial charge in [0.05, 0.1) is 0 Å². The first-order valence-electron chi connectivity index (χ1n) is 6.52. The van der Waals surface area contributed by atoms with Crippen LogP contribution in [0.3, 0.4) is 0 Å². The van der Waals surface area contributed by atoms with E-state index in [9.17, 15) is 0 Å². The van der Waals surface area contributed by atoms with Gasteiger partial charge in [-0.2, -0.15) is 11.8 Å². The van der Waals surface area contributed by atoms with Gasteiger partial charge in [-0.3, -0.25) is 0 Å². The van der Waals surface area contributed by atoms with Gasteiger partial charge in [0.1, 0.15) is 0 Å². The number of unbranched alkanes of at least 4 members (excludes halogenated alkanes) is 3. The topological polar surface area (TPSA) is 12.0 Å². The highest BCUT2D eigenvalue weighted by molar-refractivity contribution is 7.98. The average Bonchev–Trinajstić information content (AvgIpc) is 2.74. The van der Waals surface area contributed by atoms with Crippen LogP contribution in [0.25, 0.3) is 0 Å². The first kappa shape index (κ1) is 15.1. The minimum absolute atomic E-state index is 0.514. The number of hydrogen-bond acceptors (Lipinski definition) is 3. The van der Waals surface area contributed by atoms with Crippen molar-refractivity contribution in [3.63, 3.8) is 0 Å². The molecule has 1 heterocycles. The smallest absolute Gasteiger partial charge is 0.0386 e. The molecule has 0 aliphatic heterocycles. The Morgan fingerprint density at radius 1 is 1.24 bits per heavy atom.